The summed E-state index contributed by atoms with van der Waals surface area (Å²) in [6.07, 6.45) is 9.10. The standard InChI is InChI=1S/C16H14N6O.2C2H6/c1-21-10-11(8-19-21)14-9-18-16-15(17-5-6-22(14)16)20-12-3-2-4-13(23)7-12;2*1-2/h2-10,23H,1H3,(H,17,20);2*1-2H3. The van der Waals surface area contributed by atoms with Gasteiger partial charge >= 0.3 is 0 Å². The number of imidazole rings is 1. The molecule has 142 valence electrons. The summed E-state index contributed by atoms with van der Waals surface area (Å²) in [5.41, 5.74) is 3.37. The first-order valence-electron chi connectivity index (χ1n) is 9.08. The normalized spacial score (nSPS) is 9.81. The van der Waals surface area contributed by atoms with E-state index in [2.05, 4.69) is 20.4 Å². The van der Waals surface area contributed by atoms with Gasteiger partial charge in [0.05, 0.1) is 18.1 Å². The zero-order chi connectivity index (χ0) is 19.8. The number of phenols is 1. The summed E-state index contributed by atoms with van der Waals surface area (Å²) < 4.78 is 3.71. The average Bonchev–Trinajstić information content (AvgIpc) is 3.32. The maximum Gasteiger partial charge on any atom is 0.180 e. The van der Waals surface area contributed by atoms with Crippen LogP contribution in [0.15, 0.2) is 55.2 Å². The molecule has 0 aliphatic rings. The summed E-state index contributed by atoms with van der Waals surface area (Å²) >= 11 is 0. The molecular formula is C20H26N6O. The van der Waals surface area contributed by atoms with Crippen LogP contribution < -0.4 is 5.32 Å². The fraction of sp³-hybridized carbons (Fsp3) is 0.250. The number of nitrogens with zero attached hydrogens (tertiary/aromatic N) is 5. The van der Waals surface area contributed by atoms with E-state index in [1.165, 1.54) is 0 Å². The van der Waals surface area contributed by atoms with E-state index in [-0.39, 0.29) is 5.75 Å². The Hall–Kier alpha value is -3.35. The van der Waals surface area contributed by atoms with Crippen molar-refractivity contribution in [3.8, 4) is 17.0 Å². The van der Waals surface area contributed by atoms with Crippen LogP contribution in [0.1, 0.15) is 27.7 Å². The summed E-state index contributed by atoms with van der Waals surface area (Å²) in [5, 5.41) is 16.9. The van der Waals surface area contributed by atoms with Crippen LogP contribution in [0.2, 0.25) is 0 Å². The van der Waals surface area contributed by atoms with E-state index in [0.717, 1.165) is 16.9 Å². The maximum absolute atomic E-state index is 9.57. The Balaban J connectivity index is 0.000000614. The Morgan fingerprint density at radius 3 is 2.48 bits per heavy atom. The van der Waals surface area contributed by atoms with E-state index >= 15 is 0 Å². The van der Waals surface area contributed by atoms with E-state index in [1.807, 2.05) is 57.6 Å². The zero-order valence-corrected chi connectivity index (χ0v) is 16.4. The molecule has 0 bridgehead atoms. The van der Waals surface area contributed by atoms with Gasteiger partial charge in [0.2, 0.25) is 0 Å². The molecule has 0 aliphatic carbocycles. The first-order valence-corrected chi connectivity index (χ1v) is 9.08. The molecule has 4 aromatic rings. The van der Waals surface area contributed by atoms with Crippen molar-refractivity contribution in [2.45, 2.75) is 27.7 Å². The van der Waals surface area contributed by atoms with E-state index in [4.69, 9.17) is 0 Å². The first kappa shape index (κ1) is 20.0. The summed E-state index contributed by atoms with van der Waals surface area (Å²) in [4.78, 5) is 8.81. The van der Waals surface area contributed by atoms with Crippen LogP contribution in [0.25, 0.3) is 16.9 Å². The average molecular weight is 366 g/mol. The lowest BCUT2D eigenvalue weighted by Crippen LogP contribution is -1.98. The second-order valence-corrected chi connectivity index (χ2v) is 5.19. The molecule has 7 nitrogen and oxygen atoms in total. The number of hydrogen-bond donors (Lipinski definition) is 2. The molecule has 3 heterocycles. The van der Waals surface area contributed by atoms with Crippen molar-refractivity contribution in [1.82, 2.24) is 24.1 Å². The molecule has 0 saturated heterocycles. The van der Waals surface area contributed by atoms with Gasteiger partial charge < -0.3 is 10.4 Å². The predicted molar refractivity (Wildman–Crippen MR) is 109 cm³/mol. The van der Waals surface area contributed by atoms with Gasteiger partial charge in [-0.1, -0.05) is 33.8 Å². The second kappa shape index (κ2) is 9.38. The number of benzene rings is 1. The van der Waals surface area contributed by atoms with Crippen LogP contribution in [0.4, 0.5) is 11.5 Å². The Morgan fingerprint density at radius 2 is 1.81 bits per heavy atom. The molecule has 0 aliphatic heterocycles. The van der Waals surface area contributed by atoms with Gasteiger partial charge in [-0.15, -0.1) is 0 Å². The number of nitrogens with one attached hydrogen (secondary N) is 1. The van der Waals surface area contributed by atoms with Gasteiger partial charge in [0.15, 0.2) is 11.5 Å². The molecular weight excluding hydrogens is 340 g/mol. The van der Waals surface area contributed by atoms with Gasteiger partial charge in [-0.25, -0.2) is 9.97 Å². The van der Waals surface area contributed by atoms with Crippen molar-refractivity contribution >= 4 is 17.2 Å². The minimum absolute atomic E-state index is 0.196. The summed E-state index contributed by atoms with van der Waals surface area (Å²) in [6.45, 7) is 8.00. The number of rotatable bonds is 3. The van der Waals surface area contributed by atoms with Crippen LogP contribution >= 0.6 is 0 Å². The third-order valence-electron chi connectivity index (χ3n) is 3.54. The number of aromatic nitrogens is 5. The second-order valence-electron chi connectivity index (χ2n) is 5.19. The molecule has 4 rings (SSSR count). The number of hydrogen-bond acceptors (Lipinski definition) is 5. The van der Waals surface area contributed by atoms with Crippen LogP contribution in [0.5, 0.6) is 5.75 Å². The lowest BCUT2D eigenvalue weighted by atomic mass is 10.3. The molecule has 2 N–H and O–H groups in total. The first-order chi connectivity index (χ1) is 13.2. The molecule has 0 fully saturated rings. The van der Waals surface area contributed by atoms with Crippen molar-refractivity contribution in [3.63, 3.8) is 0 Å². The molecule has 0 amide bonds. The lowest BCUT2D eigenvalue weighted by Gasteiger charge is -2.07. The fourth-order valence-corrected chi connectivity index (χ4v) is 2.49. The molecule has 3 aromatic heterocycles. The van der Waals surface area contributed by atoms with Crippen LogP contribution in [0.3, 0.4) is 0 Å². The topological polar surface area (TPSA) is 80.3 Å². The largest absolute Gasteiger partial charge is 0.508 e. The highest BCUT2D eigenvalue weighted by Gasteiger charge is 2.11. The number of fused-ring (bicyclic) bond motifs is 1. The highest BCUT2D eigenvalue weighted by atomic mass is 16.3. The minimum atomic E-state index is 0.196. The van der Waals surface area contributed by atoms with Gasteiger partial charge in [-0.3, -0.25) is 9.08 Å². The van der Waals surface area contributed by atoms with Crippen molar-refractivity contribution in [2.24, 2.45) is 7.05 Å². The summed E-state index contributed by atoms with van der Waals surface area (Å²) in [7, 11) is 1.88. The van der Waals surface area contributed by atoms with Crippen LogP contribution in [-0.2, 0) is 7.05 Å². The molecule has 0 unspecified atom stereocenters. The molecule has 27 heavy (non-hydrogen) atoms. The van der Waals surface area contributed by atoms with Crippen LogP contribution in [-0.4, -0.2) is 29.3 Å². The van der Waals surface area contributed by atoms with E-state index in [9.17, 15) is 5.11 Å². The molecule has 0 spiro atoms. The van der Waals surface area contributed by atoms with Crippen molar-refractivity contribution in [3.05, 3.63) is 55.2 Å². The Labute approximate surface area is 159 Å². The molecule has 0 radical (unpaired) electrons. The molecule has 0 atom stereocenters. The van der Waals surface area contributed by atoms with Gasteiger partial charge in [0.1, 0.15) is 5.75 Å². The SMILES string of the molecule is CC.CC.Cn1cc(-c2cnc3c(Nc4cccc(O)c4)nccn23)cn1. The number of anilines is 2. The highest BCUT2D eigenvalue weighted by molar-refractivity contribution is 5.74. The summed E-state index contributed by atoms with van der Waals surface area (Å²) in [6, 6.07) is 6.88. The Kier molecular flexibility index (Phi) is 6.93. The monoisotopic (exact) mass is 366 g/mol. The van der Waals surface area contributed by atoms with Gasteiger partial charge in [-0.05, 0) is 12.1 Å². The Bertz CT molecular complexity index is 989. The zero-order valence-electron chi connectivity index (χ0n) is 16.4. The number of phenolic OH excluding ortho intramolecular Hbond substituents is 1. The van der Waals surface area contributed by atoms with Crippen molar-refractivity contribution in [2.75, 3.05) is 5.32 Å². The van der Waals surface area contributed by atoms with Gasteiger partial charge in [-0.2, -0.15) is 5.10 Å². The minimum Gasteiger partial charge on any atom is -0.508 e. The predicted octanol–water partition coefficient (Wildman–Crippen LogP) is 4.63. The lowest BCUT2D eigenvalue weighted by molar-refractivity contribution is 0.475. The number of aryl methyl sites for hydroxylation is 1. The number of aromatic hydroxyl groups is 1. The van der Waals surface area contributed by atoms with Gasteiger partial charge in [0, 0.05) is 43.0 Å². The highest BCUT2D eigenvalue weighted by Crippen LogP contribution is 2.25. The molecule has 7 heteroatoms. The third-order valence-corrected chi connectivity index (χ3v) is 3.54. The van der Waals surface area contributed by atoms with Crippen molar-refractivity contribution in [1.29, 1.82) is 0 Å². The fourth-order valence-electron chi connectivity index (χ4n) is 2.49. The molecule has 0 saturated carbocycles. The molecule has 1 aromatic carbocycles. The third kappa shape index (κ3) is 4.44. The van der Waals surface area contributed by atoms with E-state index < -0.39 is 0 Å². The maximum atomic E-state index is 9.57. The summed E-state index contributed by atoms with van der Waals surface area (Å²) in [5.74, 6) is 0.814. The van der Waals surface area contributed by atoms with Crippen molar-refractivity contribution < 1.29 is 5.11 Å². The van der Waals surface area contributed by atoms with E-state index in [0.29, 0.717) is 11.5 Å². The van der Waals surface area contributed by atoms with Gasteiger partial charge in [0.25, 0.3) is 0 Å². The quantitative estimate of drug-likeness (QED) is 0.552. The smallest absolute Gasteiger partial charge is 0.180 e. The Morgan fingerprint density at radius 1 is 1.04 bits per heavy atom. The van der Waals surface area contributed by atoms with Crippen LogP contribution in [0, 0.1) is 0 Å². The van der Waals surface area contributed by atoms with E-state index in [1.54, 1.807) is 41.5 Å².